The third kappa shape index (κ3) is 3.92. The van der Waals surface area contributed by atoms with E-state index < -0.39 is 5.97 Å². The van der Waals surface area contributed by atoms with E-state index in [1.54, 1.807) is 18.2 Å². The van der Waals surface area contributed by atoms with Crippen LogP contribution >= 0.6 is 0 Å². The Labute approximate surface area is 147 Å². The van der Waals surface area contributed by atoms with Gasteiger partial charge in [-0.1, -0.05) is 50.1 Å². The second-order valence-electron chi connectivity index (χ2n) is 6.69. The molecule has 0 heterocycles. The lowest BCUT2D eigenvalue weighted by Gasteiger charge is -2.29. The number of aromatic hydroxyl groups is 1. The maximum Gasteiger partial charge on any atom is 0.342 e. The Bertz CT molecular complexity index is 786. The number of carbonyl (C=O) groups excluding carboxylic acids is 2. The average molecular weight is 341 g/mol. The third-order valence-electron chi connectivity index (χ3n) is 4.91. The number of fused-ring (bicyclic) bond motifs is 1. The summed E-state index contributed by atoms with van der Waals surface area (Å²) in [7, 11) is 0. The lowest BCUT2D eigenvalue weighted by molar-refractivity contribution is -0.125. The van der Waals surface area contributed by atoms with Crippen LogP contribution in [-0.4, -0.2) is 29.6 Å². The van der Waals surface area contributed by atoms with Gasteiger partial charge < -0.3 is 15.2 Å². The summed E-state index contributed by atoms with van der Waals surface area (Å²) in [5.74, 6) is -0.676. The Hall–Kier alpha value is -2.56. The fourth-order valence-corrected chi connectivity index (χ4v) is 3.41. The number of amides is 1. The van der Waals surface area contributed by atoms with Gasteiger partial charge in [0.15, 0.2) is 6.61 Å². The van der Waals surface area contributed by atoms with Crippen LogP contribution in [-0.2, 0) is 9.53 Å². The SMILES string of the molecule is C[C@@H]1CCCC[C@@H]1NC(=O)COC(=O)c1ccc2ccccc2c1O. The van der Waals surface area contributed by atoms with Gasteiger partial charge in [0.05, 0.1) is 0 Å². The molecule has 1 aliphatic rings. The van der Waals surface area contributed by atoms with Crippen molar-refractivity contribution in [2.24, 2.45) is 5.92 Å². The molecule has 1 saturated carbocycles. The third-order valence-corrected chi connectivity index (χ3v) is 4.91. The van der Waals surface area contributed by atoms with Crippen molar-refractivity contribution >= 4 is 22.6 Å². The van der Waals surface area contributed by atoms with E-state index in [0.717, 1.165) is 24.6 Å². The van der Waals surface area contributed by atoms with Crippen molar-refractivity contribution in [2.45, 2.75) is 38.6 Å². The molecule has 0 aliphatic heterocycles. The second kappa shape index (κ2) is 7.55. The molecule has 1 aliphatic carbocycles. The molecule has 2 N–H and O–H groups in total. The largest absolute Gasteiger partial charge is 0.506 e. The molecule has 3 rings (SSSR count). The minimum absolute atomic E-state index is 0.0672. The Morgan fingerprint density at radius 2 is 1.92 bits per heavy atom. The van der Waals surface area contributed by atoms with Crippen LogP contribution in [0.5, 0.6) is 5.75 Å². The van der Waals surface area contributed by atoms with Crippen LogP contribution < -0.4 is 5.32 Å². The number of carbonyl (C=O) groups is 2. The van der Waals surface area contributed by atoms with Crippen LogP contribution in [0.3, 0.4) is 0 Å². The normalized spacial score (nSPS) is 20.2. The first-order chi connectivity index (χ1) is 12.1. The fraction of sp³-hybridized carbons (Fsp3) is 0.400. The molecule has 0 spiro atoms. The number of ether oxygens (including phenoxy) is 1. The van der Waals surface area contributed by atoms with E-state index in [9.17, 15) is 14.7 Å². The van der Waals surface area contributed by atoms with E-state index in [1.165, 1.54) is 12.5 Å². The number of hydrogen-bond acceptors (Lipinski definition) is 4. The highest BCUT2D eigenvalue weighted by Crippen LogP contribution is 2.29. The highest BCUT2D eigenvalue weighted by molar-refractivity contribution is 6.01. The molecule has 0 bridgehead atoms. The summed E-state index contributed by atoms with van der Waals surface area (Å²) in [5, 5.41) is 14.6. The number of rotatable bonds is 4. The Kier molecular flexibility index (Phi) is 5.22. The van der Waals surface area contributed by atoms with Crippen molar-refractivity contribution in [1.82, 2.24) is 5.32 Å². The van der Waals surface area contributed by atoms with Crippen LogP contribution in [0.2, 0.25) is 0 Å². The number of esters is 1. The molecule has 5 heteroatoms. The molecule has 0 unspecified atom stereocenters. The highest BCUT2D eigenvalue weighted by atomic mass is 16.5. The first kappa shape index (κ1) is 17.3. The van der Waals surface area contributed by atoms with Crippen molar-refractivity contribution in [3.8, 4) is 5.75 Å². The first-order valence-electron chi connectivity index (χ1n) is 8.73. The first-order valence-corrected chi connectivity index (χ1v) is 8.73. The van der Waals surface area contributed by atoms with Gasteiger partial charge in [-0.2, -0.15) is 0 Å². The Morgan fingerprint density at radius 3 is 2.72 bits per heavy atom. The molecule has 5 nitrogen and oxygen atoms in total. The van der Waals surface area contributed by atoms with Gasteiger partial charge in [-0.25, -0.2) is 4.79 Å². The lowest BCUT2D eigenvalue weighted by Crippen LogP contribution is -2.42. The summed E-state index contributed by atoms with van der Waals surface area (Å²) >= 11 is 0. The van der Waals surface area contributed by atoms with E-state index in [-0.39, 0.29) is 29.9 Å². The molecular weight excluding hydrogens is 318 g/mol. The van der Waals surface area contributed by atoms with Gasteiger partial charge in [-0.3, -0.25) is 4.79 Å². The highest BCUT2D eigenvalue weighted by Gasteiger charge is 2.23. The van der Waals surface area contributed by atoms with Crippen LogP contribution in [0.25, 0.3) is 10.8 Å². The Balaban J connectivity index is 1.61. The van der Waals surface area contributed by atoms with Gasteiger partial charge >= 0.3 is 5.97 Å². The minimum Gasteiger partial charge on any atom is -0.506 e. The van der Waals surface area contributed by atoms with Crippen LogP contribution in [0.15, 0.2) is 36.4 Å². The maximum absolute atomic E-state index is 12.2. The van der Waals surface area contributed by atoms with Crippen LogP contribution in [0.4, 0.5) is 0 Å². The summed E-state index contributed by atoms with van der Waals surface area (Å²) in [6, 6.07) is 10.6. The van der Waals surface area contributed by atoms with E-state index in [2.05, 4.69) is 12.2 Å². The van der Waals surface area contributed by atoms with E-state index >= 15 is 0 Å². The minimum atomic E-state index is -0.699. The predicted octanol–water partition coefficient (Wildman–Crippen LogP) is 3.40. The average Bonchev–Trinajstić information content (AvgIpc) is 2.62. The summed E-state index contributed by atoms with van der Waals surface area (Å²) in [6.45, 7) is 1.79. The summed E-state index contributed by atoms with van der Waals surface area (Å²) in [6.07, 6.45) is 4.38. The molecule has 2 aromatic rings. The monoisotopic (exact) mass is 341 g/mol. The van der Waals surface area contributed by atoms with Crippen molar-refractivity contribution in [3.63, 3.8) is 0 Å². The standard InChI is InChI=1S/C20H23NO4/c1-13-6-2-5-9-17(13)21-18(22)12-25-20(24)16-11-10-14-7-3-4-8-15(14)19(16)23/h3-4,7-8,10-11,13,17,23H,2,5-6,9,12H2,1H3,(H,21,22)/t13-,17+/m1/s1. The smallest absolute Gasteiger partial charge is 0.342 e. The summed E-state index contributed by atoms with van der Waals surface area (Å²) in [5.41, 5.74) is 0.0672. The lowest BCUT2D eigenvalue weighted by atomic mass is 9.86. The number of phenolic OH excluding ortho intramolecular Hbond substituents is 1. The van der Waals surface area contributed by atoms with Crippen molar-refractivity contribution in [1.29, 1.82) is 0 Å². The number of benzene rings is 2. The van der Waals surface area contributed by atoms with E-state index in [4.69, 9.17) is 4.74 Å². The number of hydrogen-bond donors (Lipinski definition) is 2. The zero-order valence-electron chi connectivity index (χ0n) is 14.3. The summed E-state index contributed by atoms with van der Waals surface area (Å²) < 4.78 is 5.09. The fourth-order valence-electron chi connectivity index (χ4n) is 3.41. The molecular formula is C20H23NO4. The van der Waals surface area contributed by atoms with Gasteiger partial charge in [0, 0.05) is 11.4 Å². The van der Waals surface area contributed by atoms with Crippen molar-refractivity contribution in [2.75, 3.05) is 6.61 Å². The summed E-state index contributed by atoms with van der Waals surface area (Å²) in [4.78, 5) is 24.2. The van der Waals surface area contributed by atoms with Gasteiger partial charge in [0.25, 0.3) is 5.91 Å². The van der Waals surface area contributed by atoms with Crippen LogP contribution in [0.1, 0.15) is 43.0 Å². The van der Waals surface area contributed by atoms with Gasteiger partial charge in [0.2, 0.25) is 0 Å². The predicted molar refractivity (Wildman–Crippen MR) is 95.5 cm³/mol. The molecule has 2 aromatic carbocycles. The molecule has 0 saturated heterocycles. The molecule has 132 valence electrons. The molecule has 0 aromatic heterocycles. The van der Waals surface area contributed by atoms with E-state index in [1.807, 2.05) is 12.1 Å². The Morgan fingerprint density at radius 1 is 1.16 bits per heavy atom. The van der Waals surface area contributed by atoms with Gasteiger partial charge in [0.1, 0.15) is 11.3 Å². The number of nitrogens with one attached hydrogen (secondary N) is 1. The van der Waals surface area contributed by atoms with Gasteiger partial charge in [-0.05, 0) is 30.2 Å². The molecule has 25 heavy (non-hydrogen) atoms. The quantitative estimate of drug-likeness (QED) is 0.836. The molecule has 2 atom stereocenters. The molecule has 1 amide bonds. The number of phenols is 1. The van der Waals surface area contributed by atoms with Crippen molar-refractivity contribution in [3.05, 3.63) is 42.0 Å². The van der Waals surface area contributed by atoms with E-state index in [0.29, 0.717) is 11.3 Å². The molecule has 1 fully saturated rings. The second-order valence-corrected chi connectivity index (χ2v) is 6.69. The van der Waals surface area contributed by atoms with Crippen LogP contribution in [0, 0.1) is 5.92 Å². The van der Waals surface area contributed by atoms with Gasteiger partial charge in [-0.15, -0.1) is 0 Å². The zero-order chi connectivity index (χ0) is 17.8. The zero-order valence-corrected chi connectivity index (χ0v) is 14.3. The van der Waals surface area contributed by atoms with Crippen molar-refractivity contribution < 1.29 is 19.4 Å². The molecule has 0 radical (unpaired) electrons. The maximum atomic E-state index is 12.2. The topological polar surface area (TPSA) is 75.6 Å².